The van der Waals surface area contributed by atoms with Gasteiger partial charge < -0.3 is 0 Å². The van der Waals surface area contributed by atoms with E-state index in [2.05, 4.69) is 6.58 Å². The van der Waals surface area contributed by atoms with Gasteiger partial charge in [0.1, 0.15) is 0 Å². The summed E-state index contributed by atoms with van der Waals surface area (Å²) < 4.78 is 37.0. The van der Waals surface area contributed by atoms with E-state index in [-0.39, 0.29) is 0 Å². The lowest BCUT2D eigenvalue weighted by Crippen LogP contribution is -2.04. The van der Waals surface area contributed by atoms with Crippen molar-refractivity contribution >= 4 is 0 Å². The van der Waals surface area contributed by atoms with E-state index < -0.39 is 11.7 Å². The highest BCUT2D eigenvalue weighted by Crippen LogP contribution is 2.29. The van der Waals surface area contributed by atoms with Crippen molar-refractivity contribution in [2.24, 2.45) is 0 Å². The normalized spacial score (nSPS) is 11.9. The van der Waals surface area contributed by atoms with E-state index in [0.29, 0.717) is 0 Å². The van der Waals surface area contributed by atoms with Crippen LogP contribution in [0, 0.1) is 0 Å². The number of unbranched alkanes of at least 4 members (excludes halogenated alkanes) is 2. The zero-order chi connectivity index (χ0) is 13.4. The molecule has 0 atom stereocenters. The van der Waals surface area contributed by atoms with Gasteiger partial charge in [0, 0.05) is 0 Å². The van der Waals surface area contributed by atoms with Crippen LogP contribution in [0.1, 0.15) is 30.4 Å². The van der Waals surface area contributed by atoms with Gasteiger partial charge in [0.15, 0.2) is 0 Å². The van der Waals surface area contributed by atoms with E-state index in [9.17, 15) is 13.2 Å². The molecule has 0 aromatic heterocycles. The fourth-order valence-corrected chi connectivity index (χ4v) is 1.64. The quantitative estimate of drug-likeness (QED) is 0.486. The molecule has 1 rings (SSSR count). The summed E-state index contributed by atoms with van der Waals surface area (Å²) >= 11 is 0. The fourth-order valence-electron chi connectivity index (χ4n) is 1.64. The summed E-state index contributed by atoms with van der Waals surface area (Å²) in [5.74, 6) is 0. The summed E-state index contributed by atoms with van der Waals surface area (Å²) in [5, 5.41) is 0. The highest BCUT2D eigenvalue weighted by molar-refractivity contribution is 5.24. The Labute approximate surface area is 106 Å². The molecule has 0 spiro atoms. The molecule has 0 saturated heterocycles. The average Bonchev–Trinajstić information content (AvgIpc) is 2.33. The molecule has 0 bridgehead atoms. The van der Waals surface area contributed by atoms with Crippen LogP contribution >= 0.6 is 0 Å². The van der Waals surface area contributed by atoms with Crippen LogP contribution < -0.4 is 0 Å². The van der Waals surface area contributed by atoms with Gasteiger partial charge in [-0.3, -0.25) is 0 Å². The number of aryl methyl sites for hydroxylation is 1. The monoisotopic (exact) mass is 254 g/mol. The Morgan fingerprint density at radius 3 is 2.28 bits per heavy atom. The first-order valence-corrected chi connectivity index (χ1v) is 5.98. The number of halogens is 3. The molecular weight excluding hydrogens is 237 g/mol. The maximum atomic E-state index is 12.3. The summed E-state index contributed by atoms with van der Waals surface area (Å²) in [4.78, 5) is 0. The number of alkyl halides is 3. The Morgan fingerprint density at radius 2 is 1.72 bits per heavy atom. The minimum Gasteiger partial charge on any atom is -0.166 e. The van der Waals surface area contributed by atoms with Crippen molar-refractivity contribution in [3.8, 4) is 0 Å². The first kappa shape index (κ1) is 14.6. The van der Waals surface area contributed by atoms with E-state index in [4.69, 9.17) is 0 Å². The molecule has 18 heavy (non-hydrogen) atoms. The zero-order valence-electron chi connectivity index (χ0n) is 10.2. The number of allylic oxidation sites excluding steroid dienone is 3. The van der Waals surface area contributed by atoms with Gasteiger partial charge in [-0.05, 0) is 43.4 Å². The van der Waals surface area contributed by atoms with E-state index >= 15 is 0 Å². The summed E-state index contributed by atoms with van der Waals surface area (Å²) in [7, 11) is 0. The van der Waals surface area contributed by atoms with Gasteiger partial charge in [-0.1, -0.05) is 36.9 Å². The van der Waals surface area contributed by atoms with Gasteiger partial charge in [-0.25, -0.2) is 0 Å². The van der Waals surface area contributed by atoms with Crippen LogP contribution in [-0.2, 0) is 12.6 Å². The van der Waals surface area contributed by atoms with Gasteiger partial charge in [0.05, 0.1) is 5.56 Å². The molecule has 1 aromatic rings. The minimum atomic E-state index is -4.24. The topological polar surface area (TPSA) is 0 Å². The Kier molecular flexibility index (Phi) is 5.69. The van der Waals surface area contributed by atoms with Crippen molar-refractivity contribution in [2.75, 3.05) is 0 Å². The molecule has 0 N–H and O–H groups in total. The molecule has 0 radical (unpaired) electrons. The Morgan fingerprint density at radius 1 is 1.06 bits per heavy atom. The first-order valence-electron chi connectivity index (χ1n) is 5.98. The highest BCUT2D eigenvalue weighted by Gasteiger charge is 2.29. The molecule has 0 heterocycles. The lowest BCUT2D eigenvalue weighted by Gasteiger charge is -2.07. The Balaban J connectivity index is 2.36. The third kappa shape index (κ3) is 5.21. The van der Waals surface area contributed by atoms with E-state index in [1.54, 1.807) is 18.2 Å². The van der Waals surface area contributed by atoms with Gasteiger partial charge in [-0.15, -0.1) is 0 Å². The van der Waals surface area contributed by atoms with E-state index in [1.165, 1.54) is 0 Å². The molecule has 0 aliphatic heterocycles. The van der Waals surface area contributed by atoms with Crippen LogP contribution in [-0.4, -0.2) is 0 Å². The van der Waals surface area contributed by atoms with Crippen LogP contribution in [0.2, 0.25) is 0 Å². The summed E-state index contributed by atoms with van der Waals surface area (Å²) in [6.45, 7) is 3.58. The minimum absolute atomic E-state index is 0.583. The lowest BCUT2D eigenvalue weighted by atomic mass is 10.0. The second-order valence-corrected chi connectivity index (χ2v) is 4.10. The molecule has 0 amide bonds. The average molecular weight is 254 g/mol. The summed E-state index contributed by atoms with van der Waals surface area (Å²) in [5.41, 5.74) is 0.371. The predicted octanol–water partition coefficient (Wildman–Crippen LogP) is 5.16. The van der Waals surface area contributed by atoms with Gasteiger partial charge in [0.25, 0.3) is 0 Å². The molecule has 0 fully saturated rings. The van der Waals surface area contributed by atoms with Gasteiger partial charge in [0.2, 0.25) is 0 Å². The van der Waals surface area contributed by atoms with Crippen molar-refractivity contribution in [1.29, 1.82) is 0 Å². The van der Waals surface area contributed by atoms with Crippen molar-refractivity contribution in [1.82, 2.24) is 0 Å². The maximum absolute atomic E-state index is 12.3. The zero-order valence-corrected chi connectivity index (χ0v) is 10.2. The van der Waals surface area contributed by atoms with Crippen LogP contribution in [0.25, 0.3) is 0 Å². The van der Waals surface area contributed by atoms with E-state index in [1.807, 2.05) is 12.2 Å². The number of rotatable bonds is 6. The predicted molar refractivity (Wildman–Crippen MR) is 68.3 cm³/mol. The first-order chi connectivity index (χ1) is 8.54. The molecular formula is C15H17F3. The Bertz CT molecular complexity index is 385. The van der Waals surface area contributed by atoms with Crippen LogP contribution in [0.3, 0.4) is 0 Å². The third-order valence-electron chi connectivity index (χ3n) is 2.64. The number of hydrogen-bond acceptors (Lipinski definition) is 0. The molecule has 98 valence electrons. The maximum Gasteiger partial charge on any atom is 0.416 e. The molecule has 1 aromatic carbocycles. The molecule has 3 heteroatoms. The lowest BCUT2D eigenvalue weighted by molar-refractivity contribution is -0.137. The molecule has 0 aliphatic carbocycles. The van der Waals surface area contributed by atoms with Crippen LogP contribution in [0.4, 0.5) is 13.2 Å². The summed E-state index contributed by atoms with van der Waals surface area (Å²) in [6.07, 6.45) is 5.24. The number of benzene rings is 1. The highest BCUT2D eigenvalue weighted by atomic mass is 19.4. The Hall–Kier alpha value is -1.51. The van der Waals surface area contributed by atoms with Crippen molar-refractivity contribution < 1.29 is 13.2 Å². The molecule has 0 nitrogen and oxygen atoms in total. The summed E-state index contributed by atoms with van der Waals surface area (Å²) in [6, 6.07) is 5.41. The standard InChI is InChI=1S/C15H17F3/c1-2-3-4-5-6-7-8-13-9-11-14(12-10-13)15(16,17)18/h2-4,9-12H,1,5-8H2. The molecule has 0 aliphatic rings. The van der Waals surface area contributed by atoms with Gasteiger partial charge in [-0.2, -0.15) is 13.2 Å². The largest absolute Gasteiger partial charge is 0.416 e. The van der Waals surface area contributed by atoms with Gasteiger partial charge >= 0.3 is 6.18 Å². The SMILES string of the molecule is C=CC=CCCCCc1ccc(C(F)(F)F)cc1. The second-order valence-electron chi connectivity index (χ2n) is 4.10. The molecule has 0 saturated carbocycles. The molecule has 0 unspecified atom stereocenters. The van der Waals surface area contributed by atoms with Crippen LogP contribution in [0.5, 0.6) is 0 Å². The van der Waals surface area contributed by atoms with Crippen LogP contribution in [0.15, 0.2) is 49.1 Å². The third-order valence-corrected chi connectivity index (χ3v) is 2.64. The fraction of sp³-hybridized carbons (Fsp3) is 0.333. The van der Waals surface area contributed by atoms with Crippen molar-refractivity contribution in [3.05, 3.63) is 60.2 Å². The smallest absolute Gasteiger partial charge is 0.166 e. The van der Waals surface area contributed by atoms with E-state index in [0.717, 1.165) is 43.4 Å². The van der Waals surface area contributed by atoms with Crippen molar-refractivity contribution in [3.63, 3.8) is 0 Å². The number of hydrogen-bond donors (Lipinski definition) is 0. The second kappa shape index (κ2) is 7.04. The van der Waals surface area contributed by atoms with Crippen molar-refractivity contribution in [2.45, 2.75) is 31.9 Å².